The number of carbonyl (C=O) groups excluding carboxylic acids is 2. The first-order valence-electron chi connectivity index (χ1n) is 6.81. The molecule has 0 saturated carbocycles. The summed E-state index contributed by atoms with van der Waals surface area (Å²) in [5, 5.41) is 3.74. The largest absolute Gasteiger partial charge is 0.361 e. The summed E-state index contributed by atoms with van der Waals surface area (Å²) >= 11 is 0. The van der Waals surface area contributed by atoms with Crippen molar-refractivity contribution < 1.29 is 14.1 Å². The zero-order valence-corrected chi connectivity index (χ0v) is 12.5. The summed E-state index contributed by atoms with van der Waals surface area (Å²) in [6, 6.07) is 1.63. The smallest absolute Gasteiger partial charge is 0.276 e. The number of carbonyl (C=O) groups is 2. The molecular formula is C14H21N3O3. The molecule has 2 rings (SSSR count). The first-order valence-corrected chi connectivity index (χ1v) is 6.81. The molecule has 0 atom stereocenters. The van der Waals surface area contributed by atoms with Crippen molar-refractivity contribution in [3.8, 4) is 0 Å². The van der Waals surface area contributed by atoms with E-state index in [1.165, 1.54) is 0 Å². The third kappa shape index (κ3) is 3.00. The minimum atomic E-state index is -0.380. The lowest BCUT2D eigenvalue weighted by Crippen LogP contribution is -2.53. The standard InChI is InChI=1S/C14H21N3O3/c1-10-9-11(15-20-10)12(18)16-5-7-17(8-6-16)13(19)14(2,3)4/h9H,5-8H2,1-4H3. The van der Waals surface area contributed by atoms with Crippen molar-refractivity contribution in [2.45, 2.75) is 27.7 Å². The fourth-order valence-electron chi connectivity index (χ4n) is 2.22. The van der Waals surface area contributed by atoms with Crippen LogP contribution in [0.4, 0.5) is 0 Å². The Hall–Kier alpha value is -1.85. The highest BCUT2D eigenvalue weighted by molar-refractivity contribution is 5.92. The predicted octanol–water partition coefficient (Wildman–Crippen LogP) is 1.31. The lowest BCUT2D eigenvalue weighted by molar-refractivity contribution is -0.140. The van der Waals surface area contributed by atoms with Crippen LogP contribution in [-0.2, 0) is 4.79 Å². The van der Waals surface area contributed by atoms with Gasteiger partial charge in [-0.2, -0.15) is 0 Å². The van der Waals surface area contributed by atoms with Gasteiger partial charge in [0, 0.05) is 37.7 Å². The van der Waals surface area contributed by atoms with Crippen LogP contribution in [0.2, 0.25) is 0 Å². The van der Waals surface area contributed by atoms with Crippen LogP contribution in [-0.4, -0.2) is 52.9 Å². The van der Waals surface area contributed by atoms with Crippen molar-refractivity contribution in [2.75, 3.05) is 26.2 Å². The van der Waals surface area contributed by atoms with Gasteiger partial charge in [-0.3, -0.25) is 9.59 Å². The van der Waals surface area contributed by atoms with Crippen LogP contribution in [0.5, 0.6) is 0 Å². The Labute approximate surface area is 118 Å². The second-order valence-electron chi connectivity index (χ2n) is 6.16. The molecule has 20 heavy (non-hydrogen) atoms. The fraction of sp³-hybridized carbons (Fsp3) is 0.643. The van der Waals surface area contributed by atoms with Crippen LogP contribution in [0.1, 0.15) is 37.0 Å². The van der Waals surface area contributed by atoms with E-state index < -0.39 is 0 Å². The molecule has 6 nitrogen and oxygen atoms in total. The number of aryl methyl sites for hydroxylation is 1. The number of hydrogen-bond donors (Lipinski definition) is 0. The van der Waals surface area contributed by atoms with Gasteiger partial charge in [-0.25, -0.2) is 0 Å². The molecule has 2 amide bonds. The molecule has 110 valence electrons. The molecule has 0 aromatic carbocycles. The second kappa shape index (κ2) is 5.26. The number of nitrogens with zero attached hydrogens (tertiary/aromatic N) is 3. The van der Waals surface area contributed by atoms with Gasteiger partial charge in [0.05, 0.1) is 0 Å². The molecule has 0 bridgehead atoms. The van der Waals surface area contributed by atoms with Crippen molar-refractivity contribution in [2.24, 2.45) is 5.41 Å². The van der Waals surface area contributed by atoms with Gasteiger partial charge in [-0.05, 0) is 6.92 Å². The van der Waals surface area contributed by atoms with Crippen LogP contribution in [0.25, 0.3) is 0 Å². The molecule has 1 aliphatic heterocycles. The summed E-state index contributed by atoms with van der Waals surface area (Å²) in [4.78, 5) is 27.9. The maximum Gasteiger partial charge on any atom is 0.276 e. The zero-order valence-electron chi connectivity index (χ0n) is 12.5. The van der Waals surface area contributed by atoms with Gasteiger partial charge < -0.3 is 14.3 Å². The van der Waals surface area contributed by atoms with Gasteiger partial charge >= 0.3 is 0 Å². The third-order valence-electron chi connectivity index (χ3n) is 3.34. The second-order valence-corrected chi connectivity index (χ2v) is 6.16. The van der Waals surface area contributed by atoms with Crippen LogP contribution >= 0.6 is 0 Å². The van der Waals surface area contributed by atoms with Gasteiger partial charge in [-0.1, -0.05) is 25.9 Å². The summed E-state index contributed by atoms with van der Waals surface area (Å²) < 4.78 is 4.92. The first kappa shape index (κ1) is 14.6. The van der Waals surface area contributed by atoms with Gasteiger partial charge in [0.2, 0.25) is 5.91 Å². The topological polar surface area (TPSA) is 66.7 Å². The van der Waals surface area contributed by atoms with Crippen molar-refractivity contribution in [1.29, 1.82) is 0 Å². The number of hydrogen-bond acceptors (Lipinski definition) is 4. The highest BCUT2D eigenvalue weighted by Gasteiger charge is 2.31. The highest BCUT2D eigenvalue weighted by atomic mass is 16.5. The molecule has 0 unspecified atom stereocenters. The fourth-order valence-corrected chi connectivity index (χ4v) is 2.22. The van der Waals surface area contributed by atoms with Crippen LogP contribution < -0.4 is 0 Å². The zero-order chi connectivity index (χ0) is 14.9. The molecule has 1 saturated heterocycles. The van der Waals surface area contributed by atoms with E-state index in [1.54, 1.807) is 17.9 Å². The predicted molar refractivity (Wildman–Crippen MR) is 73.2 cm³/mol. The first-order chi connectivity index (χ1) is 9.29. The molecule has 0 radical (unpaired) electrons. The Balaban J connectivity index is 1.95. The van der Waals surface area contributed by atoms with E-state index >= 15 is 0 Å². The van der Waals surface area contributed by atoms with Crippen LogP contribution in [0, 0.1) is 12.3 Å². The molecule has 0 spiro atoms. The number of rotatable bonds is 1. The SMILES string of the molecule is Cc1cc(C(=O)N2CCN(C(=O)C(C)(C)C)CC2)no1. The molecule has 1 aromatic heterocycles. The quantitative estimate of drug-likeness (QED) is 0.777. The highest BCUT2D eigenvalue weighted by Crippen LogP contribution is 2.19. The summed E-state index contributed by atoms with van der Waals surface area (Å²) in [6.45, 7) is 9.68. The molecule has 6 heteroatoms. The molecule has 1 aliphatic rings. The van der Waals surface area contributed by atoms with E-state index in [9.17, 15) is 9.59 Å². The summed E-state index contributed by atoms with van der Waals surface area (Å²) in [6.07, 6.45) is 0. The molecule has 1 fully saturated rings. The number of piperazine rings is 1. The minimum Gasteiger partial charge on any atom is -0.361 e. The summed E-state index contributed by atoms with van der Waals surface area (Å²) in [5.41, 5.74) is -0.0480. The van der Waals surface area contributed by atoms with Crippen molar-refractivity contribution in [1.82, 2.24) is 15.0 Å². The Kier molecular flexibility index (Phi) is 3.83. The lowest BCUT2D eigenvalue weighted by atomic mass is 9.94. The van der Waals surface area contributed by atoms with E-state index in [-0.39, 0.29) is 17.2 Å². The number of amides is 2. The number of aromatic nitrogens is 1. The minimum absolute atomic E-state index is 0.127. The van der Waals surface area contributed by atoms with Crippen LogP contribution in [0.15, 0.2) is 10.6 Å². The average molecular weight is 279 g/mol. The van der Waals surface area contributed by atoms with Gasteiger partial charge in [0.1, 0.15) is 5.76 Å². The van der Waals surface area contributed by atoms with E-state index in [4.69, 9.17) is 4.52 Å². The third-order valence-corrected chi connectivity index (χ3v) is 3.34. The van der Waals surface area contributed by atoms with Crippen LogP contribution in [0.3, 0.4) is 0 Å². The summed E-state index contributed by atoms with van der Waals surface area (Å²) in [5.74, 6) is 0.612. The lowest BCUT2D eigenvalue weighted by Gasteiger charge is -2.37. The Morgan fingerprint density at radius 2 is 1.70 bits per heavy atom. The maximum atomic E-state index is 12.2. The van der Waals surface area contributed by atoms with Gasteiger partial charge in [-0.15, -0.1) is 0 Å². The van der Waals surface area contributed by atoms with Gasteiger partial charge in [0.25, 0.3) is 5.91 Å². The summed E-state index contributed by atoms with van der Waals surface area (Å²) in [7, 11) is 0. The Morgan fingerprint density at radius 3 is 2.15 bits per heavy atom. The molecular weight excluding hydrogens is 258 g/mol. The molecule has 0 aliphatic carbocycles. The monoisotopic (exact) mass is 279 g/mol. The molecule has 1 aromatic rings. The molecule has 2 heterocycles. The van der Waals surface area contributed by atoms with Crippen molar-refractivity contribution in [3.05, 3.63) is 17.5 Å². The Bertz CT molecular complexity index is 508. The Morgan fingerprint density at radius 1 is 1.15 bits per heavy atom. The van der Waals surface area contributed by atoms with E-state index in [0.29, 0.717) is 37.6 Å². The molecule has 0 N–H and O–H groups in total. The van der Waals surface area contributed by atoms with Crippen molar-refractivity contribution >= 4 is 11.8 Å². The van der Waals surface area contributed by atoms with E-state index in [1.807, 2.05) is 25.7 Å². The van der Waals surface area contributed by atoms with E-state index in [0.717, 1.165) is 0 Å². The van der Waals surface area contributed by atoms with E-state index in [2.05, 4.69) is 5.16 Å². The van der Waals surface area contributed by atoms with Gasteiger partial charge in [0.15, 0.2) is 5.69 Å². The normalized spacial score (nSPS) is 16.4. The maximum absolute atomic E-state index is 12.2. The average Bonchev–Trinajstić information content (AvgIpc) is 2.83. The van der Waals surface area contributed by atoms with Crippen molar-refractivity contribution in [3.63, 3.8) is 0 Å².